The predicted molar refractivity (Wildman–Crippen MR) is 88.3 cm³/mol. The van der Waals surface area contributed by atoms with E-state index in [2.05, 4.69) is 51.6 Å². The van der Waals surface area contributed by atoms with E-state index in [1.165, 1.54) is 5.56 Å². The smallest absolute Gasteiger partial charge is 0.0606 e. The van der Waals surface area contributed by atoms with E-state index < -0.39 is 0 Å². The van der Waals surface area contributed by atoms with Crippen molar-refractivity contribution in [2.45, 2.75) is 6.54 Å². The Morgan fingerprint density at radius 3 is 2.45 bits per heavy atom. The second-order valence-electron chi connectivity index (χ2n) is 4.64. The van der Waals surface area contributed by atoms with Crippen LogP contribution in [0.1, 0.15) is 5.56 Å². The van der Waals surface area contributed by atoms with Crippen LogP contribution in [0.4, 0.5) is 11.4 Å². The first-order chi connectivity index (χ1) is 9.70. The summed E-state index contributed by atoms with van der Waals surface area (Å²) in [5.74, 6) is 0. The van der Waals surface area contributed by atoms with Gasteiger partial charge in [-0.15, -0.1) is 0 Å². The molecule has 0 aliphatic heterocycles. The Kier molecular flexibility index (Phi) is 5.44. The highest BCUT2D eigenvalue weighted by molar-refractivity contribution is 9.10. The molecule has 0 radical (unpaired) electrons. The van der Waals surface area contributed by atoms with Crippen LogP contribution < -0.4 is 10.2 Å². The van der Waals surface area contributed by atoms with Crippen LogP contribution in [0.2, 0.25) is 0 Å². The van der Waals surface area contributed by atoms with Gasteiger partial charge >= 0.3 is 0 Å². The molecule has 0 fully saturated rings. The van der Waals surface area contributed by atoms with Crippen LogP contribution in [0.3, 0.4) is 0 Å². The van der Waals surface area contributed by atoms with Crippen molar-refractivity contribution in [3.63, 3.8) is 0 Å². The van der Waals surface area contributed by atoms with Crippen LogP contribution in [-0.4, -0.2) is 25.3 Å². The number of hydrogen-bond acceptors (Lipinski definition) is 3. The molecule has 0 saturated heterocycles. The number of likely N-dealkylation sites (N-methyl/N-ethyl adjacent to an activating group) is 1. The molecule has 2 aromatic carbocycles. The fourth-order valence-corrected chi connectivity index (χ4v) is 2.38. The molecule has 0 atom stereocenters. The number of halogens is 1. The second-order valence-corrected chi connectivity index (χ2v) is 5.49. The predicted octanol–water partition coefficient (Wildman–Crippen LogP) is 3.49. The molecule has 0 spiro atoms. The minimum atomic E-state index is 0.165. The summed E-state index contributed by atoms with van der Waals surface area (Å²) >= 11 is 3.55. The number of hydrogen-bond donors (Lipinski definition) is 2. The fraction of sp³-hybridized carbons (Fsp3) is 0.250. The van der Waals surface area contributed by atoms with Crippen LogP contribution in [0, 0.1) is 0 Å². The maximum absolute atomic E-state index is 8.93. The summed E-state index contributed by atoms with van der Waals surface area (Å²) < 4.78 is 1.12. The Bertz CT molecular complexity index is 542. The molecule has 0 aliphatic carbocycles. The first kappa shape index (κ1) is 14.9. The van der Waals surface area contributed by atoms with Crippen molar-refractivity contribution in [1.82, 2.24) is 0 Å². The van der Waals surface area contributed by atoms with E-state index in [0.717, 1.165) is 22.4 Å². The number of benzene rings is 2. The van der Waals surface area contributed by atoms with Gasteiger partial charge in [0.05, 0.1) is 6.61 Å². The van der Waals surface area contributed by atoms with Gasteiger partial charge in [-0.3, -0.25) is 0 Å². The number of rotatable bonds is 6. The van der Waals surface area contributed by atoms with Crippen LogP contribution in [0.15, 0.2) is 53.0 Å². The summed E-state index contributed by atoms with van der Waals surface area (Å²) in [6.45, 7) is 1.59. The average molecular weight is 335 g/mol. The second kappa shape index (κ2) is 7.31. The van der Waals surface area contributed by atoms with Gasteiger partial charge in [-0.05, 0) is 35.9 Å². The van der Waals surface area contributed by atoms with E-state index in [0.29, 0.717) is 6.54 Å². The molecular weight excluding hydrogens is 316 g/mol. The molecule has 0 heterocycles. The van der Waals surface area contributed by atoms with Gasteiger partial charge in [0, 0.05) is 36.0 Å². The normalized spacial score (nSPS) is 10.3. The van der Waals surface area contributed by atoms with E-state index in [-0.39, 0.29) is 6.61 Å². The molecule has 2 rings (SSSR count). The van der Waals surface area contributed by atoms with Crippen LogP contribution in [-0.2, 0) is 6.54 Å². The van der Waals surface area contributed by atoms with Crippen LogP contribution >= 0.6 is 15.9 Å². The summed E-state index contributed by atoms with van der Waals surface area (Å²) in [4.78, 5) is 2.03. The lowest BCUT2D eigenvalue weighted by atomic mass is 10.2. The topological polar surface area (TPSA) is 35.5 Å². The van der Waals surface area contributed by atoms with Crippen molar-refractivity contribution >= 4 is 27.3 Å². The van der Waals surface area contributed by atoms with Crippen LogP contribution in [0.5, 0.6) is 0 Å². The molecule has 2 N–H and O–H groups in total. The van der Waals surface area contributed by atoms with E-state index in [1.54, 1.807) is 0 Å². The van der Waals surface area contributed by atoms with Gasteiger partial charge in [0.25, 0.3) is 0 Å². The van der Waals surface area contributed by atoms with Crippen molar-refractivity contribution in [3.8, 4) is 0 Å². The zero-order valence-corrected chi connectivity index (χ0v) is 13.1. The summed E-state index contributed by atoms with van der Waals surface area (Å²) in [7, 11) is 1.97. The van der Waals surface area contributed by atoms with E-state index in [1.807, 2.05) is 30.1 Å². The summed E-state index contributed by atoms with van der Waals surface area (Å²) in [5.41, 5.74) is 3.42. The minimum absolute atomic E-state index is 0.165. The standard InChI is InChI=1S/C16H19BrN2O/c1-19(10-11-20)15-8-6-14(7-9-15)18-12-13-4-2-3-5-16(13)17/h2-9,18,20H,10-12H2,1H3. The van der Waals surface area contributed by atoms with Crippen LogP contribution in [0.25, 0.3) is 0 Å². The quantitative estimate of drug-likeness (QED) is 0.848. The Labute approximate surface area is 128 Å². The Morgan fingerprint density at radius 1 is 1.10 bits per heavy atom. The minimum Gasteiger partial charge on any atom is -0.395 e. The maximum Gasteiger partial charge on any atom is 0.0606 e. The Balaban J connectivity index is 1.96. The molecule has 3 nitrogen and oxygen atoms in total. The fourth-order valence-electron chi connectivity index (χ4n) is 1.95. The van der Waals surface area contributed by atoms with Gasteiger partial charge in [-0.2, -0.15) is 0 Å². The average Bonchev–Trinajstić information content (AvgIpc) is 2.47. The first-order valence-electron chi connectivity index (χ1n) is 6.60. The van der Waals surface area contributed by atoms with Crippen molar-refractivity contribution in [3.05, 3.63) is 58.6 Å². The van der Waals surface area contributed by atoms with Gasteiger partial charge < -0.3 is 15.3 Å². The third-order valence-electron chi connectivity index (χ3n) is 3.18. The lowest BCUT2D eigenvalue weighted by Crippen LogP contribution is -2.20. The number of nitrogens with zero attached hydrogens (tertiary/aromatic N) is 1. The molecule has 20 heavy (non-hydrogen) atoms. The lowest BCUT2D eigenvalue weighted by Gasteiger charge is -2.18. The van der Waals surface area contributed by atoms with Gasteiger partial charge in [0.2, 0.25) is 0 Å². The van der Waals surface area contributed by atoms with E-state index >= 15 is 0 Å². The first-order valence-corrected chi connectivity index (χ1v) is 7.39. The van der Waals surface area contributed by atoms with Gasteiger partial charge in [-0.25, -0.2) is 0 Å². The van der Waals surface area contributed by atoms with Crippen molar-refractivity contribution in [1.29, 1.82) is 0 Å². The van der Waals surface area contributed by atoms with E-state index in [4.69, 9.17) is 5.11 Å². The summed E-state index contributed by atoms with van der Waals surface area (Å²) in [6, 6.07) is 16.4. The molecular formula is C16H19BrN2O. The molecule has 0 aliphatic rings. The maximum atomic E-state index is 8.93. The zero-order chi connectivity index (χ0) is 14.4. The third-order valence-corrected chi connectivity index (χ3v) is 3.96. The van der Waals surface area contributed by atoms with Crippen molar-refractivity contribution in [2.24, 2.45) is 0 Å². The summed E-state index contributed by atoms with van der Waals surface area (Å²) in [6.07, 6.45) is 0. The monoisotopic (exact) mass is 334 g/mol. The summed E-state index contributed by atoms with van der Waals surface area (Å²) in [5, 5.41) is 12.3. The largest absolute Gasteiger partial charge is 0.395 e. The molecule has 2 aromatic rings. The SMILES string of the molecule is CN(CCO)c1ccc(NCc2ccccc2Br)cc1. The Hall–Kier alpha value is -1.52. The highest BCUT2D eigenvalue weighted by Crippen LogP contribution is 2.20. The molecule has 0 bridgehead atoms. The van der Waals surface area contributed by atoms with Crippen molar-refractivity contribution in [2.75, 3.05) is 30.4 Å². The molecule has 0 unspecified atom stereocenters. The highest BCUT2D eigenvalue weighted by atomic mass is 79.9. The highest BCUT2D eigenvalue weighted by Gasteiger charge is 2.01. The molecule has 106 valence electrons. The van der Waals surface area contributed by atoms with Gasteiger partial charge in [-0.1, -0.05) is 34.1 Å². The molecule has 0 aromatic heterocycles. The molecule has 4 heteroatoms. The zero-order valence-electron chi connectivity index (χ0n) is 11.5. The number of nitrogens with one attached hydrogen (secondary N) is 1. The number of anilines is 2. The lowest BCUT2D eigenvalue weighted by molar-refractivity contribution is 0.304. The third kappa shape index (κ3) is 3.99. The van der Waals surface area contributed by atoms with E-state index in [9.17, 15) is 0 Å². The van der Waals surface area contributed by atoms with Crippen molar-refractivity contribution < 1.29 is 5.11 Å². The molecule has 0 saturated carbocycles. The number of aliphatic hydroxyl groups excluding tert-OH is 1. The Morgan fingerprint density at radius 2 is 1.80 bits per heavy atom. The van der Waals surface area contributed by atoms with Gasteiger partial charge in [0.1, 0.15) is 0 Å². The number of aliphatic hydroxyl groups is 1. The van der Waals surface area contributed by atoms with Gasteiger partial charge in [0.15, 0.2) is 0 Å². The molecule has 0 amide bonds.